The maximum absolute atomic E-state index is 14.9. The molecule has 0 bridgehead atoms. The lowest BCUT2D eigenvalue weighted by molar-refractivity contribution is -0.126. The van der Waals surface area contributed by atoms with Gasteiger partial charge in [-0.2, -0.15) is 0 Å². The number of rotatable bonds is 4. The smallest absolute Gasteiger partial charge is 0.274 e. The van der Waals surface area contributed by atoms with Crippen LogP contribution in [0, 0.1) is 0 Å². The fraction of sp³-hybridized carbons (Fsp3) is 0.316. The van der Waals surface area contributed by atoms with Gasteiger partial charge in [-0.15, -0.1) is 0 Å². The van der Waals surface area contributed by atoms with Crippen LogP contribution >= 0.6 is 0 Å². The third kappa shape index (κ3) is 2.44. The Morgan fingerprint density at radius 1 is 1.12 bits per heavy atom. The molecule has 0 radical (unpaired) electrons. The lowest BCUT2D eigenvalue weighted by Crippen LogP contribution is -2.40. The van der Waals surface area contributed by atoms with Gasteiger partial charge in [-0.25, -0.2) is 8.78 Å². The molecular weight excluding hydrogens is 312 g/mol. The van der Waals surface area contributed by atoms with Gasteiger partial charge in [-0.3, -0.25) is 4.79 Å². The molecule has 1 aliphatic rings. The standard InChI is InChI=1S/C19H19F2NO2/c1-18(15-6-4-5-7-16(15)22(2)17(18)23)12-19(20,21)13-8-10-14(24-3)11-9-13/h4-11H,12H2,1-3H3. The van der Waals surface area contributed by atoms with Crippen LogP contribution in [0.25, 0.3) is 0 Å². The first-order chi connectivity index (χ1) is 11.3. The van der Waals surface area contributed by atoms with Gasteiger partial charge in [0.1, 0.15) is 5.75 Å². The molecule has 1 unspecified atom stereocenters. The molecular formula is C19H19F2NO2. The Hall–Kier alpha value is -2.43. The second-order valence-electron chi connectivity index (χ2n) is 6.32. The highest BCUT2D eigenvalue weighted by Crippen LogP contribution is 2.49. The molecule has 1 atom stereocenters. The highest BCUT2D eigenvalue weighted by atomic mass is 19.3. The summed E-state index contributed by atoms with van der Waals surface area (Å²) in [6.45, 7) is 1.59. The molecule has 5 heteroatoms. The van der Waals surface area contributed by atoms with Crippen LogP contribution in [0.2, 0.25) is 0 Å². The van der Waals surface area contributed by atoms with Gasteiger partial charge in [0.15, 0.2) is 0 Å². The van der Waals surface area contributed by atoms with Gasteiger partial charge in [0.05, 0.1) is 12.5 Å². The number of para-hydroxylation sites is 1. The summed E-state index contributed by atoms with van der Waals surface area (Å²) in [6.07, 6.45) is -0.577. The molecule has 3 nitrogen and oxygen atoms in total. The molecule has 1 heterocycles. The fourth-order valence-corrected chi connectivity index (χ4v) is 3.38. The van der Waals surface area contributed by atoms with Gasteiger partial charge < -0.3 is 9.64 Å². The lowest BCUT2D eigenvalue weighted by Gasteiger charge is -2.28. The topological polar surface area (TPSA) is 29.5 Å². The first-order valence-electron chi connectivity index (χ1n) is 7.69. The van der Waals surface area contributed by atoms with E-state index in [0.29, 0.717) is 17.0 Å². The normalized spacial score (nSPS) is 20.2. The minimum absolute atomic E-state index is 0.121. The molecule has 0 aliphatic carbocycles. The molecule has 0 spiro atoms. The van der Waals surface area contributed by atoms with Crippen LogP contribution in [-0.2, 0) is 16.1 Å². The quantitative estimate of drug-likeness (QED) is 0.844. The number of hydrogen-bond donors (Lipinski definition) is 0. The minimum atomic E-state index is -3.13. The maximum Gasteiger partial charge on any atom is 0.274 e. The first kappa shape index (κ1) is 16.4. The van der Waals surface area contributed by atoms with E-state index in [2.05, 4.69) is 0 Å². The maximum atomic E-state index is 14.9. The number of amides is 1. The monoisotopic (exact) mass is 331 g/mol. The summed E-state index contributed by atoms with van der Waals surface area (Å²) in [5.74, 6) is -2.92. The Morgan fingerprint density at radius 2 is 1.75 bits per heavy atom. The molecule has 0 saturated carbocycles. The number of methoxy groups -OCH3 is 1. The zero-order chi connectivity index (χ0) is 17.5. The van der Waals surface area contributed by atoms with E-state index < -0.39 is 17.8 Å². The number of fused-ring (bicyclic) bond motifs is 1. The van der Waals surface area contributed by atoms with Crippen molar-refractivity contribution in [2.75, 3.05) is 19.1 Å². The van der Waals surface area contributed by atoms with Crippen LogP contribution in [0.1, 0.15) is 24.5 Å². The van der Waals surface area contributed by atoms with E-state index in [-0.39, 0.29) is 11.5 Å². The average Bonchev–Trinajstić information content (AvgIpc) is 2.77. The third-order valence-corrected chi connectivity index (χ3v) is 4.72. The number of halogens is 2. The van der Waals surface area contributed by atoms with Crippen molar-refractivity contribution in [3.05, 3.63) is 59.7 Å². The average molecular weight is 331 g/mol. The van der Waals surface area contributed by atoms with Gasteiger partial charge >= 0.3 is 0 Å². The third-order valence-electron chi connectivity index (χ3n) is 4.72. The van der Waals surface area contributed by atoms with Crippen molar-refractivity contribution >= 4 is 11.6 Å². The van der Waals surface area contributed by atoms with E-state index in [0.717, 1.165) is 0 Å². The molecule has 3 rings (SSSR count). The number of carbonyl (C=O) groups excluding carboxylic acids is 1. The summed E-state index contributed by atoms with van der Waals surface area (Å²) in [6, 6.07) is 12.8. The predicted octanol–water partition coefficient (Wildman–Crippen LogP) is 4.11. The molecule has 0 fully saturated rings. The van der Waals surface area contributed by atoms with E-state index >= 15 is 0 Å². The number of likely N-dealkylation sites (N-methyl/N-ethyl adjacent to an activating group) is 1. The van der Waals surface area contributed by atoms with Crippen molar-refractivity contribution in [2.24, 2.45) is 0 Å². The van der Waals surface area contributed by atoms with E-state index in [1.165, 1.54) is 36.3 Å². The number of benzene rings is 2. The molecule has 24 heavy (non-hydrogen) atoms. The number of nitrogens with zero attached hydrogens (tertiary/aromatic N) is 1. The van der Waals surface area contributed by atoms with Crippen LogP contribution in [-0.4, -0.2) is 20.1 Å². The summed E-state index contributed by atoms with van der Waals surface area (Å²) >= 11 is 0. The number of alkyl halides is 2. The summed E-state index contributed by atoms with van der Waals surface area (Å²) in [7, 11) is 3.11. The van der Waals surface area contributed by atoms with Crippen LogP contribution in [0.3, 0.4) is 0 Å². The zero-order valence-corrected chi connectivity index (χ0v) is 13.8. The Bertz CT molecular complexity index is 773. The molecule has 1 amide bonds. The minimum Gasteiger partial charge on any atom is -0.497 e. The largest absolute Gasteiger partial charge is 0.497 e. The summed E-state index contributed by atoms with van der Waals surface area (Å²) in [5, 5.41) is 0. The Labute approximate surface area is 139 Å². The molecule has 2 aromatic rings. The van der Waals surface area contributed by atoms with Crippen molar-refractivity contribution in [3.63, 3.8) is 0 Å². The number of ether oxygens (including phenoxy) is 1. The fourth-order valence-electron chi connectivity index (χ4n) is 3.38. The summed E-state index contributed by atoms with van der Waals surface area (Å²) in [5.41, 5.74) is -0.0417. The van der Waals surface area contributed by atoms with Crippen LogP contribution < -0.4 is 9.64 Å². The Balaban J connectivity index is 1.97. The van der Waals surface area contributed by atoms with Crippen molar-refractivity contribution in [1.29, 1.82) is 0 Å². The molecule has 0 N–H and O–H groups in total. The van der Waals surface area contributed by atoms with Crippen molar-refractivity contribution in [3.8, 4) is 5.75 Å². The van der Waals surface area contributed by atoms with Gasteiger partial charge in [-0.05, 0) is 42.8 Å². The van der Waals surface area contributed by atoms with E-state index in [9.17, 15) is 13.6 Å². The second-order valence-corrected chi connectivity index (χ2v) is 6.32. The van der Waals surface area contributed by atoms with Gasteiger partial charge in [0.2, 0.25) is 5.91 Å². The van der Waals surface area contributed by atoms with Crippen molar-refractivity contribution in [2.45, 2.75) is 24.7 Å². The van der Waals surface area contributed by atoms with E-state index in [1.807, 2.05) is 0 Å². The molecule has 0 saturated heterocycles. The molecule has 2 aromatic carbocycles. The zero-order valence-electron chi connectivity index (χ0n) is 13.8. The van der Waals surface area contributed by atoms with Crippen LogP contribution in [0.5, 0.6) is 5.75 Å². The summed E-state index contributed by atoms with van der Waals surface area (Å²) in [4.78, 5) is 14.1. The number of carbonyl (C=O) groups is 1. The predicted molar refractivity (Wildman–Crippen MR) is 88.7 cm³/mol. The summed E-state index contributed by atoms with van der Waals surface area (Å²) < 4.78 is 34.8. The van der Waals surface area contributed by atoms with E-state index in [1.54, 1.807) is 38.2 Å². The highest BCUT2D eigenvalue weighted by Gasteiger charge is 2.52. The Kier molecular flexibility index (Phi) is 3.82. The number of anilines is 1. The van der Waals surface area contributed by atoms with Crippen molar-refractivity contribution < 1.29 is 18.3 Å². The molecule has 1 aliphatic heterocycles. The van der Waals surface area contributed by atoms with E-state index in [4.69, 9.17) is 4.74 Å². The van der Waals surface area contributed by atoms with Gasteiger partial charge in [0, 0.05) is 24.7 Å². The second kappa shape index (κ2) is 5.58. The SMILES string of the molecule is COc1ccc(C(F)(F)CC2(C)C(=O)N(C)c3ccccc32)cc1. The van der Waals surface area contributed by atoms with Gasteiger partial charge in [0.25, 0.3) is 5.92 Å². The Morgan fingerprint density at radius 3 is 2.38 bits per heavy atom. The number of hydrogen-bond acceptors (Lipinski definition) is 2. The van der Waals surface area contributed by atoms with Crippen LogP contribution in [0.4, 0.5) is 14.5 Å². The lowest BCUT2D eigenvalue weighted by atomic mass is 9.77. The molecule has 126 valence electrons. The first-order valence-corrected chi connectivity index (χ1v) is 7.69. The highest BCUT2D eigenvalue weighted by molar-refractivity contribution is 6.07. The van der Waals surface area contributed by atoms with Crippen molar-refractivity contribution in [1.82, 2.24) is 0 Å². The van der Waals surface area contributed by atoms with Gasteiger partial charge in [-0.1, -0.05) is 18.2 Å². The van der Waals surface area contributed by atoms with Crippen LogP contribution in [0.15, 0.2) is 48.5 Å². The molecule has 0 aromatic heterocycles.